The van der Waals surface area contributed by atoms with Crippen LogP contribution in [-0.2, 0) is 6.42 Å². The number of amides is 1. The lowest BCUT2D eigenvalue weighted by Gasteiger charge is -2.12. The number of aromatic carboxylic acids is 1. The Labute approximate surface area is 211 Å². The molecule has 5 heteroatoms. The van der Waals surface area contributed by atoms with E-state index in [1.54, 1.807) is 12.1 Å². The first kappa shape index (κ1) is 28.8. The van der Waals surface area contributed by atoms with Gasteiger partial charge in [0.15, 0.2) is 0 Å². The molecule has 0 saturated carbocycles. The number of fused-ring (bicyclic) bond motifs is 1. The standard InChI is InChI=1S/C30H45NO4/c1-2-3-4-5-6-7-8-9-10-11-12-13-14-15-16-26(32)20-23-17-18-27-24(19-23)21-25(30(34)35)22-28(27)29(31)33/h17-19,21-22,26,32H,2-16,20H2,1H3,(H2,31,33)(H,34,35). The molecule has 1 unspecified atom stereocenters. The fourth-order valence-corrected chi connectivity index (χ4v) is 4.82. The molecule has 2 aromatic carbocycles. The summed E-state index contributed by atoms with van der Waals surface area (Å²) in [7, 11) is 0. The van der Waals surface area contributed by atoms with Crippen LogP contribution in [0.25, 0.3) is 10.8 Å². The molecule has 4 N–H and O–H groups in total. The van der Waals surface area contributed by atoms with Gasteiger partial charge in [-0.3, -0.25) is 4.79 Å². The van der Waals surface area contributed by atoms with Gasteiger partial charge in [-0.1, -0.05) is 115 Å². The first-order valence-electron chi connectivity index (χ1n) is 13.7. The zero-order valence-electron chi connectivity index (χ0n) is 21.6. The Balaban J connectivity index is 1.63. The lowest BCUT2D eigenvalue weighted by Crippen LogP contribution is -2.13. The quantitative estimate of drug-likeness (QED) is 0.181. The van der Waals surface area contributed by atoms with E-state index in [0.29, 0.717) is 17.2 Å². The largest absolute Gasteiger partial charge is 0.478 e. The van der Waals surface area contributed by atoms with Crippen LogP contribution in [0.2, 0.25) is 0 Å². The predicted octanol–water partition coefficient (Wildman–Crippen LogP) is 7.41. The Morgan fingerprint density at radius 3 is 1.86 bits per heavy atom. The Bertz CT molecular complexity index is 924. The van der Waals surface area contributed by atoms with E-state index >= 15 is 0 Å². The highest BCUT2D eigenvalue weighted by molar-refractivity contribution is 6.09. The van der Waals surface area contributed by atoms with Crippen LogP contribution in [0, 0.1) is 0 Å². The van der Waals surface area contributed by atoms with Gasteiger partial charge < -0.3 is 15.9 Å². The Hall–Kier alpha value is -2.40. The van der Waals surface area contributed by atoms with Crippen molar-refractivity contribution in [3.63, 3.8) is 0 Å². The SMILES string of the molecule is CCCCCCCCCCCCCCCCC(O)Cc1ccc2c(C(N)=O)cc(C(=O)O)cc2c1. The highest BCUT2D eigenvalue weighted by Crippen LogP contribution is 2.24. The van der Waals surface area contributed by atoms with E-state index in [9.17, 15) is 19.8 Å². The number of carboxylic acids is 1. The molecule has 5 nitrogen and oxygen atoms in total. The Kier molecular flexibility index (Phi) is 13.4. The van der Waals surface area contributed by atoms with Crippen LogP contribution in [0.5, 0.6) is 0 Å². The van der Waals surface area contributed by atoms with Crippen molar-refractivity contribution in [2.75, 3.05) is 0 Å². The van der Waals surface area contributed by atoms with E-state index in [1.807, 2.05) is 12.1 Å². The maximum atomic E-state index is 11.8. The second-order valence-corrected chi connectivity index (χ2v) is 9.99. The number of carboxylic acid groups (broad SMARTS) is 1. The third-order valence-corrected chi connectivity index (χ3v) is 6.89. The fraction of sp³-hybridized carbons (Fsp3) is 0.600. The average molecular weight is 484 g/mol. The number of aliphatic hydroxyl groups is 1. The summed E-state index contributed by atoms with van der Waals surface area (Å²) >= 11 is 0. The van der Waals surface area contributed by atoms with Gasteiger partial charge in [0, 0.05) is 5.56 Å². The second kappa shape index (κ2) is 16.3. The van der Waals surface area contributed by atoms with Gasteiger partial charge in [-0.05, 0) is 41.3 Å². The van der Waals surface area contributed by atoms with Crippen LogP contribution >= 0.6 is 0 Å². The van der Waals surface area contributed by atoms with Crippen LogP contribution in [0.15, 0.2) is 30.3 Å². The van der Waals surface area contributed by atoms with E-state index in [-0.39, 0.29) is 11.1 Å². The van der Waals surface area contributed by atoms with Gasteiger partial charge in [0.2, 0.25) is 5.91 Å². The molecule has 0 saturated heterocycles. The Morgan fingerprint density at radius 1 is 0.800 bits per heavy atom. The summed E-state index contributed by atoms with van der Waals surface area (Å²) in [5.41, 5.74) is 6.60. The number of carbonyl (C=O) groups excluding carboxylic acids is 1. The van der Waals surface area contributed by atoms with Gasteiger partial charge in [-0.15, -0.1) is 0 Å². The molecule has 0 bridgehead atoms. The van der Waals surface area contributed by atoms with Gasteiger partial charge >= 0.3 is 5.97 Å². The minimum Gasteiger partial charge on any atom is -0.478 e. The summed E-state index contributed by atoms with van der Waals surface area (Å²) in [5, 5.41) is 21.1. The first-order valence-corrected chi connectivity index (χ1v) is 13.7. The molecular formula is C30H45NO4. The molecule has 0 aliphatic heterocycles. The maximum Gasteiger partial charge on any atom is 0.335 e. The number of nitrogens with two attached hydrogens (primary N) is 1. The lowest BCUT2D eigenvalue weighted by molar-refractivity contribution is 0.0697. The van der Waals surface area contributed by atoms with Crippen molar-refractivity contribution in [3.05, 3.63) is 47.0 Å². The number of primary amides is 1. The molecule has 0 heterocycles. The van der Waals surface area contributed by atoms with Crippen LogP contribution in [0.1, 0.15) is 130 Å². The maximum absolute atomic E-state index is 11.8. The third-order valence-electron chi connectivity index (χ3n) is 6.89. The predicted molar refractivity (Wildman–Crippen MR) is 144 cm³/mol. The van der Waals surface area contributed by atoms with E-state index in [4.69, 9.17) is 5.73 Å². The molecule has 0 aliphatic carbocycles. The molecule has 2 aromatic rings. The summed E-state index contributed by atoms with van der Waals surface area (Å²) in [6, 6.07) is 8.38. The molecule has 0 aliphatic rings. The summed E-state index contributed by atoms with van der Waals surface area (Å²) in [5.74, 6) is -1.75. The fourth-order valence-electron chi connectivity index (χ4n) is 4.82. The number of aliphatic hydroxyl groups excluding tert-OH is 1. The van der Waals surface area contributed by atoms with Crippen molar-refractivity contribution in [2.45, 2.75) is 116 Å². The molecule has 0 spiro atoms. The number of hydrogen-bond acceptors (Lipinski definition) is 3. The zero-order chi connectivity index (χ0) is 25.5. The molecule has 0 fully saturated rings. The molecule has 1 atom stereocenters. The number of unbranched alkanes of at least 4 members (excludes halogenated alkanes) is 13. The van der Waals surface area contributed by atoms with Gasteiger partial charge in [0.1, 0.15) is 0 Å². The minimum atomic E-state index is -1.10. The molecular weight excluding hydrogens is 438 g/mol. The van der Waals surface area contributed by atoms with E-state index in [1.165, 1.54) is 83.1 Å². The third kappa shape index (κ3) is 10.8. The number of carbonyl (C=O) groups is 2. The van der Waals surface area contributed by atoms with Crippen molar-refractivity contribution in [1.82, 2.24) is 0 Å². The van der Waals surface area contributed by atoms with E-state index < -0.39 is 18.0 Å². The summed E-state index contributed by atoms with van der Waals surface area (Å²) in [4.78, 5) is 23.2. The molecule has 1 amide bonds. The van der Waals surface area contributed by atoms with Gasteiger partial charge in [0.05, 0.1) is 11.7 Å². The van der Waals surface area contributed by atoms with Crippen molar-refractivity contribution >= 4 is 22.6 Å². The minimum absolute atomic E-state index is 0.0337. The molecule has 0 aromatic heterocycles. The topological polar surface area (TPSA) is 101 Å². The van der Waals surface area contributed by atoms with Crippen LogP contribution in [0.3, 0.4) is 0 Å². The van der Waals surface area contributed by atoms with Crippen LogP contribution < -0.4 is 5.73 Å². The van der Waals surface area contributed by atoms with Crippen LogP contribution in [-0.4, -0.2) is 28.2 Å². The summed E-state index contributed by atoms with van der Waals surface area (Å²) in [6.45, 7) is 2.26. The lowest BCUT2D eigenvalue weighted by atomic mass is 9.95. The normalized spacial score (nSPS) is 12.2. The molecule has 35 heavy (non-hydrogen) atoms. The zero-order valence-corrected chi connectivity index (χ0v) is 21.6. The summed E-state index contributed by atoms with van der Waals surface area (Å²) < 4.78 is 0. The van der Waals surface area contributed by atoms with Crippen LogP contribution in [0.4, 0.5) is 0 Å². The molecule has 0 radical (unpaired) electrons. The van der Waals surface area contributed by atoms with E-state index in [0.717, 1.165) is 24.8 Å². The smallest absolute Gasteiger partial charge is 0.335 e. The molecule has 2 rings (SSSR count). The number of rotatable bonds is 19. The van der Waals surface area contributed by atoms with Crippen molar-refractivity contribution in [3.8, 4) is 0 Å². The average Bonchev–Trinajstić information content (AvgIpc) is 2.83. The van der Waals surface area contributed by atoms with E-state index in [2.05, 4.69) is 6.92 Å². The number of hydrogen-bond donors (Lipinski definition) is 3. The van der Waals surface area contributed by atoms with Crippen molar-refractivity contribution < 1.29 is 19.8 Å². The van der Waals surface area contributed by atoms with Crippen molar-refractivity contribution in [1.29, 1.82) is 0 Å². The van der Waals surface area contributed by atoms with Gasteiger partial charge in [-0.25, -0.2) is 4.79 Å². The number of benzene rings is 2. The highest BCUT2D eigenvalue weighted by atomic mass is 16.4. The van der Waals surface area contributed by atoms with Gasteiger partial charge in [0.25, 0.3) is 0 Å². The van der Waals surface area contributed by atoms with Crippen molar-refractivity contribution in [2.24, 2.45) is 5.73 Å². The second-order valence-electron chi connectivity index (χ2n) is 9.99. The monoisotopic (exact) mass is 483 g/mol. The first-order chi connectivity index (χ1) is 16.9. The highest BCUT2D eigenvalue weighted by Gasteiger charge is 2.14. The Morgan fingerprint density at radius 2 is 1.34 bits per heavy atom. The molecule has 194 valence electrons. The van der Waals surface area contributed by atoms with Gasteiger partial charge in [-0.2, -0.15) is 0 Å². The summed E-state index contributed by atoms with van der Waals surface area (Å²) in [6.07, 6.45) is 19.3.